The number of fused-ring (bicyclic) bond motifs is 1. The number of aromatic nitrogens is 1. The lowest BCUT2D eigenvalue weighted by atomic mass is 9.93. The topological polar surface area (TPSA) is 116 Å². The summed E-state index contributed by atoms with van der Waals surface area (Å²) in [5.74, 6) is -0.748. The van der Waals surface area contributed by atoms with Crippen molar-refractivity contribution in [2.45, 2.75) is 58.8 Å². The summed E-state index contributed by atoms with van der Waals surface area (Å²) in [6.45, 7) is 8.61. The van der Waals surface area contributed by atoms with Gasteiger partial charge in [-0.1, -0.05) is 25.1 Å². The molecule has 5 rings (SSSR count). The standard InChI is InChI=1S/C31H38FN5O4/c1-19-26(11-21(12-28(19)32)29(39)35-23-5-6-23)20-4-7-25-27(10-20)22(14-36-9-8-33-24(16-36)13-34-41)15-37(30(25)40)17-31(2,3)18-38/h4,7,10-12,15,23-24,33,38H,5-6,8-9,13-14,16-18H2,1-3H3,(H,35,39). The molecule has 1 aliphatic heterocycles. The van der Waals surface area contributed by atoms with E-state index in [1.807, 2.05) is 26.1 Å². The molecule has 3 N–H and O–H groups in total. The van der Waals surface area contributed by atoms with E-state index < -0.39 is 11.2 Å². The van der Waals surface area contributed by atoms with E-state index in [0.29, 0.717) is 41.7 Å². The second kappa shape index (κ2) is 11.8. The van der Waals surface area contributed by atoms with Crippen molar-refractivity contribution in [3.8, 4) is 11.1 Å². The van der Waals surface area contributed by atoms with Gasteiger partial charge in [-0.15, -0.1) is 0 Å². The van der Waals surface area contributed by atoms with E-state index in [4.69, 9.17) is 0 Å². The first-order valence-electron chi connectivity index (χ1n) is 14.2. The Morgan fingerprint density at radius 3 is 2.71 bits per heavy atom. The molecule has 41 heavy (non-hydrogen) atoms. The number of halogens is 1. The van der Waals surface area contributed by atoms with Gasteiger partial charge in [0.2, 0.25) is 0 Å². The lowest BCUT2D eigenvalue weighted by Crippen LogP contribution is -2.51. The fraction of sp³-hybridized carbons (Fsp3) is 0.484. The largest absolute Gasteiger partial charge is 0.396 e. The molecule has 3 aromatic rings. The van der Waals surface area contributed by atoms with Crippen LogP contribution in [0.5, 0.6) is 0 Å². The van der Waals surface area contributed by atoms with Gasteiger partial charge in [0, 0.05) is 74.0 Å². The number of amides is 1. The van der Waals surface area contributed by atoms with Crippen molar-refractivity contribution in [3.05, 3.63) is 74.3 Å². The maximum Gasteiger partial charge on any atom is 0.258 e. The van der Waals surface area contributed by atoms with Crippen LogP contribution in [0, 0.1) is 23.1 Å². The molecule has 0 bridgehead atoms. The maximum absolute atomic E-state index is 15.1. The predicted molar refractivity (Wildman–Crippen MR) is 157 cm³/mol. The zero-order chi connectivity index (χ0) is 29.3. The molecular weight excluding hydrogens is 525 g/mol. The number of aliphatic hydroxyl groups is 1. The van der Waals surface area contributed by atoms with E-state index in [9.17, 15) is 19.6 Å². The first kappa shape index (κ1) is 29.0. The minimum absolute atomic E-state index is 0.0440. The Kier molecular flexibility index (Phi) is 8.35. The minimum Gasteiger partial charge on any atom is -0.396 e. The highest BCUT2D eigenvalue weighted by Crippen LogP contribution is 2.31. The molecule has 2 aliphatic rings. The summed E-state index contributed by atoms with van der Waals surface area (Å²) in [5, 5.41) is 20.5. The van der Waals surface area contributed by atoms with Gasteiger partial charge in [-0.3, -0.25) is 14.5 Å². The summed E-state index contributed by atoms with van der Waals surface area (Å²) >= 11 is 0. The normalized spacial score (nSPS) is 18.0. The molecular formula is C31H38FN5O4. The van der Waals surface area contributed by atoms with Gasteiger partial charge in [-0.2, -0.15) is 4.91 Å². The van der Waals surface area contributed by atoms with E-state index >= 15 is 4.39 Å². The van der Waals surface area contributed by atoms with Crippen LogP contribution in [0.4, 0.5) is 4.39 Å². The third-order valence-corrected chi connectivity index (χ3v) is 8.05. The molecule has 1 aromatic heterocycles. The number of carbonyl (C=O) groups is 1. The number of nitrogens with one attached hydrogen (secondary N) is 2. The second-order valence-electron chi connectivity index (χ2n) is 12.2. The summed E-state index contributed by atoms with van der Waals surface area (Å²) in [4.78, 5) is 39.5. The van der Waals surface area contributed by atoms with Gasteiger partial charge in [0.1, 0.15) is 5.82 Å². The highest BCUT2D eigenvalue weighted by Gasteiger charge is 2.26. The van der Waals surface area contributed by atoms with Crippen LogP contribution in [0.1, 0.15) is 48.2 Å². The fourth-order valence-electron chi connectivity index (χ4n) is 5.49. The summed E-state index contributed by atoms with van der Waals surface area (Å²) in [6.07, 6.45) is 3.73. The molecule has 2 fully saturated rings. The molecule has 0 radical (unpaired) electrons. The van der Waals surface area contributed by atoms with Crippen LogP contribution in [0.15, 0.2) is 46.5 Å². The summed E-state index contributed by atoms with van der Waals surface area (Å²) < 4.78 is 16.7. The molecule has 218 valence electrons. The number of rotatable bonds is 10. The third-order valence-electron chi connectivity index (χ3n) is 8.05. The molecule has 1 saturated carbocycles. The van der Waals surface area contributed by atoms with Gasteiger partial charge < -0.3 is 20.3 Å². The highest BCUT2D eigenvalue weighted by molar-refractivity contribution is 5.97. The molecule has 0 spiro atoms. The SMILES string of the molecule is Cc1c(F)cc(C(=O)NC2CC2)cc1-c1ccc2c(=O)n(CC(C)(C)CO)cc(CN3CCNC(CN=O)C3)c2c1. The highest BCUT2D eigenvalue weighted by atomic mass is 19.1. The van der Waals surface area contributed by atoms with Gasteiger partial charge in [0.25, 0.3) is 11.5 Å². The number of hydrogen-bond donors (Lipinski definition) is 3. The van der Waals surface area contributed by atoms with Crippen molar-refractivity contribution >= 4 is 16.7 Å². The monoisotopic (exact) mass is 563 g/mol. The van der Waals surface area contributed by atoms with E-state index in [1.54, 1.807) is 29.7 Å². The lowest BCUT2D eigenvalue weighted by Gasteiger charge is -2.33. The first-order valence-corrected chi connectivity index (χ1v) is 14.2. The molecule has 1 unspecified atom stereocenters. The van der Waals surface area contributed by atoms with Gasteiger partial charge in [0.05, 0.1) is 6.54 Å². The number of hydrogen-bond acceptors (Lipinski definition) is 7. The zero-order valence-corrected chi connectivity index (χ0v) is 23.9. The molecule has 1 amide bonds. The Labute approximate surface area is 238 Å². The Bertz CT molecular complexity index is 1530. The van der Waals surface area contributed by atoms with Crippen molar-refractivity contribution in [2.24, 2.45) is 10.6 Å². The van der Waals surface area contributed by atoms with Crippen LogP contribution >= 0.6 is 0 Å². The second-order valence-corrected chi connectivity index (χ2v) is 12.2. The van der Waals surface area contributed by atoms with E-state index in [2.05, 4.69) is 20.7 Å². The molecule has 1 saturated heterocycles. The Hall–Kier alpha value is -3.47. The molecule has 2 heterocycles. The zero-order valence-electron chi connectivity index (χ0n) is 23.9. The van der Waals surface area contributed by atoms with Crippen LogP contribution in [0.2, 0.25) is 0 Å². The molecule has 2 aromatic carbocycles. The van der Waals surface area contributed by atoms with Crippen molar-refractivity contribution in [2.75, 3.05) is 32.8 Å². The van der Waals surface area contributed by atoms with Crippen LogP contribution < -0.4 is 16.2 Å². The van der Waals surface area contributed by atoms with Gasteiger partial charge in [-0.25, -0.2) is 4.39 Å². The van der Waals surface area contributed by atoms with E-state index in [-0.39, 0.29) is 42.3 Å². The quantitative estimate of drug-likeness (QED) is 0.325. The summed E-state index contributed by atoms with van der Waals surface area (Å²) in [7, 11) is 0. The number of pyridine rings is 1. The summed E-state index contributed by atoms with van der Waals surface area (Å²) in [5.41, 5.74) is 2.26. The minimum atomic E-state index is -0.499. The number of benzene rings is 2. The molecule has 1 atom stereocenters. The average molecular weight is 564 g/mol. The van der Waals surface area contributed by atoms with Crippen molar-refractivity contribution in [3.63, 3.8) is 0 Å². The third kappa shape index (κ3) is 6.55. The smallest absolute Gasteiger partial charge is 0.258 e. The van der Waals surface area contributed by atoms with Crippen molar-refractivity contribution in [1.82, 2.24) is 20.1 Å². The lowest BCUT2D eigenvalue weighted by molar-refractivity contribution is 0.0950. The average Bonchev–Trinajstić information content (AvgIpc) is 3.77. The van der Waals surface area contributed by atoms with Crippen LogP contribution in [-0.4, -0.2) is 65.4 Å². The molecule has 9 nitrogen and oxygen atoms in total. The molecule has 1 aliphatic carbocycles. The van der Waals surface area contributed by atoms with Crippen LogP contribution in [0.25, 0.3) is 21.9 Å². The number of aliphatic hydroxyl groups excluding tert-OH is 1. The Morgan fingerprint density at radius 2 is 2.00 bits per heavy atom. The van der Waals surface area contributed by atoms with Crippen LogP contribution in [-0.2, 0) is 13.1 Å². The number of nitrogens with zero attached hydrogens (tertiary/aromatic N) is 3. The maximum atomic E-state index is 15.1. The number of piperazine rings is 1. The van der Waals surface area contributed by atoms with Gasteiger partial charge in [0.15, 0.2) is 0 Å². The Morgan fingerprint density at radius 1 is 1.22 bits per heavy atom. The predicted octanol–water partition coefficient (Wildman–Crippen LogP) is 3.57. The van der Waals surface area contributed by atoms with Gasteiger partial charge >= 0.3 is 0 Å². The Balaban J connectivity index is 1.59. The number of carbonyl (C=O) groups excluding carboxylic acids is 1. The summed E-state index contributed by atoms with van der Waals surface area (Å²) in [6, 6.07) is 8.58. The van der Waals surface area contributed by atoms with E-state index in [0.717, 1.165) is 36.9 Å². The number of nitroso groups, excluding NO2 is 1. The van der Waals surface area contributed by atoms with Crippen molar-refractivity contribution < 1.29 is 14.3 Å². The van der Waals surface area contributed by atoms with Crippen LogP contribution in [0.3, 0.4) is 0 Å². The molecule has 10 heteroatoms. The van der Waals surface area contributed by atoms with Gasteiger partial charge in [-0.05, 0) is 71.7 Å². The van der Waals surface area contributed by atoms with E-state index in [1.165, 1.54) is 6.07 Å². The fourth-order valence-corrected chi connectivity index (χ4v) is 5.49. The first-order chi connectivity index (χ1) is 19.6. The van der Waals surface area contributed by atoms with Crippen molar-refractivity contribution in [1.29, 1.82) is 0 Å².